The predicted octanol–water partition coefficient (Wildman–Crippen LogP) is 3.97. The minimum absolute atomic E-state index is 0.00178. The number of carbonyl (C=O) groups is 2. The Bertz CT molecular complexity index is 1010. The lowest BCUT2D eigenvalue weighted by atomic mass is 10.1. The molecule has 3 rings (SSSR count). The normalized spacial score (nSPS) is 15.5. The number of halogens is 1. The van der Waals surface area contributed by atoms with Crippen molar-refractivity contribution in [3.8, 4) is 11.5 Å². The molecule has 0 atom stereocenters. The second-order valence-electron chi connectivity index (χ2n) is 6.00. The zero-order valence-electron chi connectivity index (χ0n) is 15.9. The second kappa shape index (κ2) is 9.07. The average molecular weight is 431 g/mol. The van der Waals surface area contributed by atoms with Gasteiger partial charge >= 0.3 is 0 Å². The van der Waals surface area contributed by atoms with Gasteiger partial charge in [-0.05, 0) is 62.5 Å². The molecule has 2 aromatic rings. The van der Waals surface area contributed by atoms with E-state index in [-0.39, 0.29) is 10.7 Å². The van der Waals surface area contributed by atoms with Crippen molar-refractivity contribution in [2.24, 2.45) is 0 Å². The Balaban J connectivity index is 2.03. The van der Waals surface area contributed by atoms with Gasteiger partial charge in [0.25, 0.3) is 11.8 Å². The molecule has 0 saturated carbocycles. The number of ether oxygens (including phenoxy) is 2. The van der Waals surface area contributed by atoms with Gasteiger partial charge < -0.3 is 9.47 Å². The Labute approximate surface area is 179 Å². The number of rotatable bonds is 6. The molecule has 1 saturated heterocycles. The zero-order valence-corrected chi connectivity index (χ0v) is 17.5. The van der Waals surface area contributed by atoms with Crippen LogP contribution in [-0.4, -0.2) is 30.1 Å². The van der Waals surface area contributed by atoms with Crippen LogP contribution >= 0.6 is 23.8 Å². The highest BCUT2D eigenvalue weighted by molar-refractivity contribution is 7.80. The standard InChI is InChI=1S/C21H19ClN2O4S/c1-3-27-16-7-5-6-15(12-16)24-20(26)17(19(25)23-21(24)29)11-13-10-14(22)8-9-18(13)28-4-2/h5-12H,3-4H2,1-2H3,(H,23,25,29)/b17-11+. The summed E-state index contributed by atoms with van der Waals surface area (Å²) >= 11 is 11.3. The average Bonchev–Trinajstić information content (AvgIpc) is 2.67. The maximum Gasteiger partial charge on any atom is 0.270 e. The molecule has 0 unspecified atom stereocenters. The van der Waals surface area contributed by atoms with Crippen LogP contribution in [0.3, 0.4) is 0 Å². The fourth-order valence-electron chi connectivity index (χ4n) is 2.85. The van der Waals surface area contributed by atoms with Crippen LogP contribution in [0.2, 0.25) is 5.02 Å². The SMILES string of the molecule is CCOc1cccc(N2C(=O)/C(=C/c3cc(Cl)ccc3OCC)C(=O)NC2=S)c1. The summed E-state index contributed by atoms with van der Waals surface area (Å²) in [4.78, 5) is 26.9. The molecule has 2 aromatic carbocycles. The molecule has 0 aromatic heterocycles. The lowest BCUT2D eigenvalue weighted by Crippen LogP contribution is -2.54. The van der Waals surface area contributed by atoms with Crippen molar-refractivity contribution in [3.63, 3.8) is 0 Å². The van der Waals surface area contributed by atoms with E-state index in [2.05, 4.69) is 5.32 Å². The maximum absolute atomic E-state index is 13.2. The Kier molecular flexibility index (Phi) is 6.51. The summed E-state index contributed by atoms with van der Waals surface area (Å²) in [6, 6.07) is 11.9. The highest BCUT2D eigenvalue weighted by Gasteiger charge is 2.34. The molecule has 1 N–H and O–H groups in total. The summed E-state index contributed by atoms with van der Waals surface area (Å²) in [7, 11) is 0. The van der Waals surface area contributed by atoms with E-state index < -0.39 is 11.8 Å². The van der Waals surface area contributed by atoms with Crippen LogP contribution in [0.5, 0.6) is 11.5 Å². The molecule has 0 spiro atoms. The topological polar surface area (TPSA) is 67.9 Å². The van der Waals surface area contributed by atoms with Crippen LogP contribution in [-0.2, 0) is 9.59 Å². The Morgan fingerprint density at radius 3 is 2.59 bits per heavy atom. The number of nitrogens with zero attached hydrogens (tertiary/aromatic N) is 1. The lowest BCUT2D eigenvalue weighted by Gasteiger charge is -2.29. The molecule has 150 valence electrons. The van der Waals surface area contributed by atoms with Crippen molar-refractivity contribution in [3.05, 3.63) is 58.6 Å². The molecule has 1 fully saturated rings. The third kappa shape index (κ3) is 4.58. The molecular formula is C21H19ClN2O4S. The van der Waals surface area contributed by atoms with Crippen molar-refractivity contribution < 1.29 is 19.1 Å². The van der Waals surface area contributed by atoms with E-state index in [0.717, 1.165) is 0 Å². The number of hydrogen-bond acceptors (Lipinski definition) is 5. The molecule has 6 nitrogen and oxygen atoms in total. The second-order valence-corrected chi connectivity index (χ2v) is 6.83. The minimum Gasteiger partial charge on any atom is -0.494 e. The van der Waals surface area contributed by atoms with Crippen molar-refractivity contribution >= 4 is 52.5 Å². The predicted molar refractivity (Wildman–Crippen MR) is 116 cm³/mol. The van der Waals surface area contributed by atoms with E-state index in [0.29, 0.717) is 41.0 Å². The first kappa shape index (κ1) is 20.8. The number of amides is 2. The first-order chi connectivity index (χ1) is 13.9. The number of thiocarbonyl (C=S) groups is 1. The Morgan fingerprint density at radius 2 is 1.86 bits per heavy atom. The lowest BCUT2D eigenvalue weighted by molar-refractivity contribution is -0.122. The van der Waals surface area contributed by atoms with Gasteiger partial charge in [0.1, 0.15) is 17.1 Å². The molecule has 1 aliphatic rings. The smallest absolute Gasteiger partial charge is 0.270 e. The first-order valence-corrected chi connectivity index (χ1v) is 9.79. The van der Waals surface area contributed by atoms with E-state index in [4.69, 9.17) is 33.3 Å². The molecular weight excluding hydrogens is 412 g/mol. The fraction of sp³-hybridized carbons (Fsp3) is 0.190. The van der Waals surface area contributed by atoms with Crippen LogP contribution in [0.25, 0.3) is 6.08 Å². The van der Waals surface area contributed by atoms with E-state index in [1.165, 1.54) is 11.0 Å². The third-order valence-electron chi connectivity index (χ3n) is 4.06. The van der Waals surface area contributed by atoms with Gasteiger partial charge in [-0.3, -0.25) is 19.8 Å². The van der Waals surface area contributed by atoms with Gasteiger partial charge in [-0.2, -0.15) is 0 Å². The third-order valence-corrected chi connectivity index (χ3v) is 4.58. The number of benzene rings is 2. The van der Waals surface area contributed by atoms with Gasteiger partial charge in [-0.1, -0.05) is 17.7 Å². The molecule has 1 aliphatic heterocycles. The molecule has 29 heavy (non-hydrogen) atoms. The van der Waals surface area contributed by atoms with Crippen LogP contribution in [0, 0.1) is 0 Å². The van der Waals surface area contributed by atoms with Gasteiger partial charge in [0.05, 0.1) is 18.9 Å². The number of carbonyl (C=O) groups excluding carboxylic acids is 2. The zero-order chi connectivity index (χ0) is 21.0. The maximum atomic E-state index is 13.2. The van der Waals surface area contributed by atoms with Crippen LogP contribution in [0.1, 0.15) is 19.4 Å². The van der Waals surface area contributed by atoms with E-state index in [1.54, 1.807) is 42.5 Å². The van der Waals surface area contributed by atoms with Crippen molar-refractivity contribution in [2.75, 3.05) is 18.1 Å². The summed E-state index contributed by atoms with van der Waals surface area (Å²) in [6.07, 6.45) is 1.45. The monoisotopic (exact) mass is 430 g/mol. The molecule has 0 aliphatic carbocycles. The number of nitrogens with one attached hydrogen (secondary N) is 1. The molecule has 0 radical (unpaired) electrons. The molecule has 8 heteroatoms. The largest absolute Gasteiger partial charge is 0.494 e. The number of hydrogen-bond donors (Lipinski definition) is 1. The summed E-state index contributed by atoms with van der Waals surface area (Å²) in [5, 5.41) is 3.02. The first-order valence-electron chi connectivity index (χ1n) is 9.01. The van der Waals surface area contributed by atoms with Gasteiger partial charge in [-0.15, -0.1) is 0 Å². The molecule has 2 amide bonds. The van der Waals surface area contributed by atoms with Crippen molar-refractivity contribution in [2.45, 2.75) is 13.8 Å². The molecule has 1 heterocycles. The summed E-state index contributed by atoms with van der Waals surface area (Å²) in [6.45, 7) is 4.62. The van der Waals surface area contributed by atoms with Gasteiger partial charge in [-0.25, -0.2) is 0 Å². The summed E-state index contributed by atoms with van der Waals surface area (Å²) in [5.41, 5.74) is 0.935. The van der Waals surface area contributed by atoms with Crippen LogP contribution < -0.4 is 19.7 Å². The van der Waals surface area contributed by atoms with Gasteiger partial charge in [0.15, 0.2) is 5.11 Å². The molecule has 0 bridgehead atoms. The van der Waals surface area contributed by atoms with Gasteiger partial charge in [0, 0.05) is 16.7 Å². The van der Waals surface area contributed by atoms with E-state index in [1.807, 2.05) is 13.8 Å². The number of anilines is 1. The highest BCUT2D eigenvalue weighted by Crippen LogP contribution is 2.29. The Hall–Kier alpha value is -2.90. The summed E-state index contributed by atoms with van der Waals surface area (Å²) < 4.78 is 11.1. The van der Waals surface area contributed by atoms with Crippen LogP contribution in [0.4, 0.5) is 5.69 Å². The van der Waals surface area contributed by atoms with E-state index in [9.17, 15) is 9.59 Å². The van der Waals surface area contributed by atoms with Gasteiger partial charge in [0.2, 0.25) is 0 Å². The van der Waals surface area contributed by atoms with Crippen LogP contribution in [0.15, 0.2) is 48.0 Å². The van der Waals surface area contributed by atoms with Crippen molar-refractivity contribution in [1.29, 1.82) is 0 Å². The minimum atomic E-state index is -0.584. The van der Waals surface area contributed by atoms with Crippen molar-refractivity contribution in [1.82, 2.24) is 5.32 Å². The van der Waals surface area contributed by atoms with E-state index >= 15 is 0 Å². The highest BCUT2D eigenvalue weighted by atomic mass is 35.5. The quantitative estimate of drug-likeness (QED) is 0.426. The Morgan fingerprint density at radius 1 is 1.10 bits per heavy atom. The summed E-state index contributed by atoms with van der Waals surface area (Å²) in [5.74, 6) is -0.0194. The fourth-order valence-corrected chi connectivity index (χ4v) is 3.31.